The maximum absolute atomic E-state index is 13.6. The van der Waals surface area contributed by atoms with Crippen molar-refractivity contribution in [3.8, 4) is 0 Å². The average molecular weight is 315 g/mol. The minimum atomic E-state index is -0.174. The number of benzene rings is 1. The summed E-state index contributed by atoms with van der Waals surface area (Å²) >= 11 is 0. The van der Waals surface area contributed by atoms with Crippen molar-refractivity contribution in [1.82, 2.24) is 15.2 Å². The first-order valence-electron chi connectivity index (χ1n) is 8.25. The lowest BCUT2D eigenvalue weighted by molar-refractivity contribution is 0.610. The van der Waals surface area contributed by atoms with Gasteiger partial charge in [-0.3, -0.25) is 0 Å². The average Bonchev–Trinajstić information content (AvgIpc) is 2.86. The standard InChI is InChI=1S/C17H22FN5/c18-15-8-4-3-7-14(15)9-10-19-17-21-16(13-20-22-17)23-11-5-1-2-6-12-23/h3-4,7-8,13H,1-2,5-6,9-12H2,(H,19,21,22). The third-order valence-electron chi connectivity index (χ3n) is 4.11. The number of halogens is 1. The van der Waals surface area contributed by atoms with Gasteiger partial charge in [0, 0.05) is 19.6 Å². The SMILES string of the molecule is Fc1ccccc1CCNc1nncc(N2CCCCCC2)n1. The smallest absolute Gasteiger partial charge is 0.244 e. The zero-order valence-corrected chi connectivity index (χ0v) is 13.2. The van der Waals surface area contributed by atoms with Gasteiger partial charge in [-0.2, -0.15) is 10.1 Å². The van der Waals surface area contributed by atoms with Gasteiger partial charge in [-0.25, -0.2) is 4.39 Å². The molecule has 0 amide bonds. The third-order valence-corrected chi connectivity index (χ3v) is 4.11. The van der Waals surface area contributed by atoms with Crippen LogP contribution in [0.15, 0.2) is 30.5 Å². The van der Waals surface area contributed by atoms with Crippen molar-refractivity contribution in [3.63, 3.8) is 0 Å². The van der Waals surface area contributed by atoms with E-state index in [1.54, 1.807) is 18.3 Å². The van der Waals surface area contributed by atoms with E-state index in [1.165, 1.54) is 31.7 Å². The second-order valence-electron chi connectivity index (χ2n) is 5.81. The van der Waals surface area contributed by atoms with Crippen LogP contribution in [0, 0.1) is 5.82 Å². The van der Waals surface area contributed by atoms with Crippen LogP contribution in [0.1, 0.15) is 31.2 Å². The molecular weight excluding hydrogens is 293 g/mol. The molecule has 1 N–H and O–H groups in total. The zero-order valence-electron chi connectivity index (χ0n) is 13.2. The zero-order chi connectivity index (χ0) is 15.9. The summed E-state index contributed by atoms with van der Waals surface area (Å²) in [5.41, 5.74) is 0.691. The summed E-state index contributed by atoms with van der Waals surface area (Å²) in [6, 6.07) is 6.82. The molecule has 0 radical (unpaired) electrons. The van der Waals surface area contributed by atoms with Crippen LogP contribution in [0.3, 0.4) is 0 Å². The molecule has 1 saturated heterocycles. The van der Waals surface area contributed by atoms with Gasteiger partial charge in [0.1, 0.15) is 5.82 Å². The number of anilines is 2. The number of rotatable bonds is 5. The molecule has 23 heavy (non-hydrogen) atoms. The van der Waals surface area contributed by atoms with E-state index >= 15 is 0 Å². The number of hydrogen-bond acceptors (Lipinski definition) is 5. The van der Waals surface area contributed by atoms with Crippen LogP contribution >= 0.6 is 0 Å². The number of hydrogen-bond donors (Lipinski definition) is 1. The fourth-order valence-electron chi connectivity index (χ4n) is 2.83. The van der Waals surface area contributed by atoms with Crippen molar-refractivity contribution in [2.75, 3.05) is 29.9 Å². The lowest BCUT2D eigenvalue weighted by Crippen LogP contribution is -2.25. The van der Waals surface area contributed by atoms with E-state index in [4.69, 9.17) is 0 Å². The second-order valence-corrected chi connectivity index (χ2v) is 5.81. The molecule has 1 aliphatic heterocycles. The van der Waals surface area contributed by atoms with Crippen LogP contribution in [-0.4, -0.2) is 34.8 Å². The molecule has 0 spiro atoms. The molecule has 122 valence electrons. The second kappa shape index (κ2) is 7.85. The molecule has 5 nitrogen and oxygen atoms in total. The summed E-state index contributed by atoms with van der Waals surface area (Å²) in [6.45, 7) is 2.62. The van der Waals surface area contributed by atoms with Gasteiger partial charge < -0.3 is 10.2 Å². The van der Waals surface area contributed by atoms with Crippen LogP contribution in [0.25, 0.3) is 0 Å². The predicted octanol–water partition coefficient (Wildman–Crippen LogP) is 3.05. The normalized spacial score (nSPS) is 15.3. The molecule has 6 heteroatoms. The van der Waals surface area contributed by atoms with Crippen molar-refractivity contribution < 1.29 is 4.39 Å². The Labute approximate surface area is 136 Å². The predicted molar refractivity (Wildman–Crippen MR) is 89.1 cm³/mol. The van der Waals surface area contributed by atoms with E-state index in [1.807, 2.05) is 6.07 Å². The summed E-state index contributed by atoms with van der Waals surface area (Å²) in [6.07, 6.45) is 7.25. The van der Waals surface area contributed by atoms with E-state index < -0.39 is 0 Å². The molecule has 2 aromatic rings. The van der Waals surface area contributed by atoms with E-state index in [0.717, 1.165) is 18.9 Å². The number of nitrogens with one attached hydrogen (secondary N) is 1. The molecular formula is C17H22FN5. The fraction of sp³-hybridized carbons (Fsp3) is 0.471. The molecule has 1 aliphatic rings. The highest BCUT2D eigenvalue weighted by molar-refractivity contribution is 5.40. The van der Waals surface area contributed by atoms with Crippen LogP contribution < -0.4 is 10.2 Å². The van der Waals surface area contributed by atoms with Gasteiger partial charge in [-0.1, -0.05) is 31.0 Å². The Balaban J connectivity index is 1.58. The van der Waals surface area contributed by atoms with Gasteiger partial charge in [0.25, 0.3) is 0 Å². The summed E-state index contributed by atoms with van der Waals surface area (Å²) < 4.78 is 13.6. The largest absolute Gasteiger partial charge is 0.355 e. The van der Waals surface area contributed by atoms with Gasteiger partial charge in [-0.15, -0.1) is 5.10 Å². The molecule has 0 bridgehead atoms. The van der Waals surface area contributed by atoms with Gasteiger partial charge in [0.2, 0.25) is 5.95 Å². The molecule has 1 fully saturated rings. The first kappa shape index (κ1) is 15.6. The van der Waals surface area contributed by atoms with Gasteiger partial charge in [0.05, 0.1) is 6.20 Å². The Morgan fingerprint density at radius 1 is 1.09 bits per heavy atom. The maximum Gasteiger partial charge on any atom is 0.244 e. The van der Waals surface area contributed by atoms with Crippen molar-refractivity contribution in [3.05, 3.63) is 41.8 Å². The fourth-order valence-corrected chi connectivity index (χ4v) is 2.83. The molecule has 0 saturated carbocycles. The quantitative estimate of drug-likeness (QED) is 0.919. The first-order valence-corrected chi connectivity index (χ1v) is 8.25. The summed E-state index contributed by atoms with van der Waals surface area (Å²) in [5.74, 6) is 1.20. The van der Waals surface area contributed by atoms with E-state index in [9.17, 15) is 4.39 Å². The molecule has 0 aliphatic carbocycles. The summed E-state index contributed by atoms with van der Waals surface area (Å²) in [7, 11) is 0. The lowest BCUT2D eigenvalue weighted by Gasteiger charge is -2.20. The lowest BCUT2D eigenvalue weighted by atomic mass is 10.1. The Bertz CT molecular complexity index is 626. The van der Waals surface area contributed by atoms with Crippen LogP contribution in [0.5, 0.6) is 0 Å². The Morgan fingerprint density at radius 3 is 2.65 bits per heavy atom. The maximum atomic E-state index is 13.6. The molecule has 2 heterocycles. The minimum absolute atomic E-state index is 0.174. The summed E-state index contributed by atoms with van der Waals surface area (Å²) in [5, 5.41) is 11.2. The molecule has 0 atom stereocenters. The van der Waals surface area contributed by atoms with Gasteiger partial charge in [0.15, 0.2) is 5.82 Å². The van der Waals surface area contributed by atoms with Crippen LogP contribution in [0.4, 0.5) is 16.2 Å². The van der Waals surface area contributed by atoms with Crippen LogP contribution in [-0.2, 0) is 6.42 Å². The molecule has 1 aromatic carbocycles. The van der Waals surface area contributed by atoms with E-state index in [-0.39, 0.29) is 5.82 Å². The number of aromatic nitrogens is 3. The van der Waals surface area contributed by atoms with Crippen LogP contribution in [0.2, 0.25) is 0 Å². The molecule has 1 aromatic heterocycles. The van der Waals surface area contributed by atoms with Gasteiger partial charge >= 0.3 is 0 Å². The topological polar surface area (TPSA) is 53.9 Å². The van der Waals surface area contributed by atoms with Gasteiger partial charge in [-0.05, 0) is 30.9 Å². The van der Waals surface area contributed by atoms with Crippen molar-refractivity contribution in [2.45, 2.75) is 32.1 Å². The molecule has 0 unspecified atom stereocenters. The highest BCUT2D eigenvalue weighted by Gasteiger charge is 2.12. The summed E-state index contributed by atoms with van der Waals surface area (Å²) in [4.78, 5) is 6.81. The monoisotopic (exact) mass is 315 g/mol. The van der Waals surface area contributed by atoms with Crippen molar-refractivity contribution >= 4 is 11.8 Å². The highest BCUT2D eigenvalue weighted by atomic mass is 19.1. The van der Waals surface area contributed by atoms with Crippen molar-refractivity contribution in [2.24, 2.45) is 0 Å². The number of nitrogens with zero attached hydrogens (tertiary/aromatic N) is 4. The molecule has 3 rings (SSSR count). The minimum Gasteiger partial charge on any atom is -0.355 e. The van der Waals surface area contributed by atoms with E-state index in [0.29, 0.717) is 24.5 Å². The Hall–Kier alpha value is -2.24. The first-order chi connectivity index (χ1) is 11.3. The Kier molecular flexibility index (Phi) is 5.34. The van der Waals surface area contributed by atoms with E-state index in [2.05, 4.69) is 25.4 Å². The third kappa shape index (κ3) is 4.37. The Morgan fingerprint density at radius 2 is 1.87 bits per heavy atom. The highest BCUT2D eigenvalue weighted by Crippen LogP contribution is 2.17. The van der Waals surface area contributed by atoms with Crippen molar-refractivity contribution in [1.29, 1.82) is 0 Å².